The molecule has 1 aromatic heterocycles. The number of hydrogen-bond donors (Lipinski definition) is 2. The van der Waals surface area contributed by atoms with Gasteiger partial charge in [-0.05, 0) is 6.42 Å². The SMILES string of the molecule is C#CC(CCC)Nc1cc(N)ncn1. The van der Waals surface area contributed by atoms with Gasteiger partial charge in [0.1, 0.15) is 18.0 Å². The summed E-state index contributed by atoms with van der Waals surface area (Å²) < 4.78 is 0. The van der Waals surface area contributed by atoms with Crippen LogP contribution in [0.25, 0.3) is 0 Å². The zero-order chi connectivity index (χ0) is 10.4. The Kier molecular flexibility index (Phi) is 3.74. The van der Waals surface area contributed by atoms with Gasteiger partial charge in [-0.3, -0.25) is 0 Å². The van der Waals surface area contributed by atoms with E-state index in [1.54, 1.807) is 6.07 Å². The summed E-state index contributed by atoms with van der Waals surface area (Å²) in [6, 6.07) is 1.68. The minimum atomic E-state index is 0.00861. The fourth-order valence-corrected chi connectivity index (χ4v) is 1.12. The standard InChI is InChI=1S/C10H14N4/c1-3-5-8(4-2)14-10-6-9(11)12-7-13-10/h2,6-8H,3,5H2,1H3,(H3,11,12,13,14). The number of nitrogens with one attached hydrogen (secondary N) is 1. The van der Waals surface area contributed by atoms with Crippen molar-refractivity contribution in [1.29, 1.82) is 0 Å². The fourth-order valence-electron chi connectivity index (χ4n) is 1.12. The van der Waals surface area contributed by atoms with Crippen LogP contribution < -0.4 is 11.1 Å². The first-order chi connectivity index (χ1) is 6.76. The lowest BCUT2D eigenvalue weighted by Gasteiger charge is -2.12. The van der Waals surface area contributed by atoms with Gasteiger partial charge in [0.25, 0.3) is 0 Å². The Hall–Kier alpha value is -1.76. The molecule has 1 rings (SSSR count). The molecule has 0 saturated heterocycles. The Labute approximate surface area is 83.9 Å². The summed E-state index contributed by atoms with van der Waals surface area (Å²) in [5, 5.41) is 3.10. The highest BCUT2D eigenvalue weighted by molar-refractivity contribution is 5.45. The lowest BCUT2D eigenvalue weighted by atomic mass is 10.2. The second-order valence-electron chi connectivity index (χ2n) is 2.98. The van der Waals surface area contributed by atoms with E-state index in [1.165, 1.54) is 6.33 Å². The molecule has 0 bridgehead atoms. The molecule has 0 aliphatic heterocycles. The minimum absolute atomic E-state index is 0.00861. The molecule has 0 aromatic carbocycles. The Morgan fingerprint density at radius 1 is 1.64 bits per heavy atom. The van der Waals surface area contributed by atoms with Crippen molar-refractivity contribution in [3.05, 3.63) is 12.4 Å². The number of aromatic nitrogens is 2. The molecular weight excluding hydrogens is 176 g/mol. The Morgan fingerprint density at radius 3 is 3.00 bits per heavy atom. The van der Waals surface area contributed by atoms with Crippen LogP contribution >= 0.6 is 0 Å². The predicted octanol–water partition coefficient (Wildman–Crippen LogP) is 1.27. The fraction of sp³-hybridized carbons (Fsp3) is 0.400. The number of hydrogen-bond acceptors (Lipinski definition) is 4. The van der Waals surface area contributed by atoms with E-state index in [2.05, 4.69) is 28.1 Å². The number of terminal acetylenes is 1. The van der Waals surface area contributed by atoms with Gasteiger partial charge in [-0.25, -0.2) is 9.97 Å². The average molecular weight is 190 g/mol. The summed E-state index contributed by atoms with van der Waals surface area (Å²) in [5.41, 5.74) is 5.51. The molecular formula is C10H14N4. The van der Waals surface area contributed by atoms with Crippen LogP contribution in [0.1, 0.15) is 19.8 Å². The molecule has 1 heterocycles. The van der Waals surface area contributed by atoms with E-state index in [4.69, 9.17) is 12.2 Å². The molecule has 4 heteroatoms. The highest BCUT2D eigenvalue weighted by Crippen LogP contribution is 2.08. The van der Waals surface area contributed by atoms with Gasteiger partial charge in [-0.15, -0.1) is 6.42 Å². The molecule has 1 atom stereocenters. The number of anilines is 2. The van der Waals surface area contributed by atoms with E-state index in [0.29, 0.717) is 11.6 Å². The van der Waals surface area contributed by atoms with Gasteiger partial charge < -0.3 is 11.1 Å². The molecule has 1 unspecified atom stereocenters. The molecule has 14 heavy (non-hydrogen) atoms. The lowest BCUT2D eigenvalue weighted by Crippen LogP contribution is -2.17. The summed E-state index contributed by atoms with van der Waals surface area (Å²) in [5.74, 6) is 3.77. The third kappa shape index (κ3) is 2.94. The summed E-state index contributed by atoms with van der Waals surface area (Å²) >= 11 is 0. The third-order valence-electron chi connectivity index (χ3n) is 1.79. The van der Waals surface area contributed by atoms with Gasteiger partial charge >= 0.3 is 0 Å². The van der Waals surface area contributed by atoms with Gasteiger partial charge in [-0.1, -0.05) is 19.3 Å². The van der Waals surface area contributed by atoms with Crippen LogP contribution in [0, 0.1) is 12.3 Å². The number of nitrogen functional groups attached to an aromatic ring is 1. The van der Waals surface area contributed by atoms with Crippen molar-refractivity contribution in [2.24, 2.45) is 0 Å². The lowest BCUT2D eigenvalue weighted by molar-refractivity contribution is 0.752. The molecule has 74 valence electrons. The Morgan fingerprint density at radius 2 is 2.43 bits per heavy atom. The van der Waals surface area contributed by atoms with E-state index >= 15 is 0 Å². The summed E-state index contributed by atoms with van der Waals surface area (Å²) in [6.45, 7) is 2.08. The molecule has 0 saturated carbocycles. The van der Waals surface area contributed by atoms with Crippen molar-refractivity contribution >= 4 is 11.6 Å². The van der Waals surface area contributed by atoms with Crippen LogP contribution in [0.15, 0.2) is 12.4 Å². The van der Waals surface area contributed by atoms with E-state index in [1.807, 2.05) is 0 Å². The topological polar surface area (TPSA) is 63.8 Å². The molecule has 0 aliphatic rings. The molecule has 0 aliphatic carbocycles. The first kappa shape index (κ1) is 10.3. The van der Waals surface area contributed by atoms with E-state index in [-0.39, 0.29) is 6.04 Å². The van der Waals surface area contributed by atoms with Gasteiger partial charge in [0.15, 0.2) is 0 Å². The van der Waals surface area contributed by atoms with E-state index in [9.17, 15) is 0 Å². The smallest absolute Gasteiger partial charge is 0.132 e. The zero-order valence-corrected chi connectivity index (χ0v) is 8.20. The molecule has 1 aromatic rings. The first-order valence-corrected chi connectivity index (χ1v) is 4.56. The minimum Gasteiger partial charge on any atom is -0.384 e. The molecule has 3 N–H and O–H groups in total. The zero-order valence-electron chi connectivity index (χ0n) is 8.20. The van der Waals surface area contributed by atoms with E-state index in [0.717, 1.165) is 12.8 Å². The summed E-state index contributed by atoms with van der Waals surface area (Å²) in [4.78, 5) is 7.81. The molecule has 0 radical (unpaired) electrons. The summed E-state index contributed by atoms with van der Waals surface area (Å²) in [6.07, 6.45) is 8.72. The molecule has 4 nitrogen and oxygen atoms in total. The van der Waals surface area contributed by atoms with Crippen molar-refractivity contribution in [1.82, 2.24) is 9.97 Å². The highest BCUT2D eigenvalue weighted by Gasteiger charge is 2.03. The maximum atomic E-state index is 5.51. The predicted molar refractivity (Wildman–Crippen MR) is 57.6 cm³/mol. The van der Waals surface area contributed by atoms with Crippen molar-refractivity contribution in [2.45, 2.75) is 25.8 Å². The highest BCUT2D eigenvalue weighted by atomic mass is 15.0. The van der Waals surface area contributed by atoms with Gasteiger partial charge in [0.05, 0.1) is 6.04 Å². The Balaban J connectivity index is 2.63. The normalized spacial score (nSPS) is 11.7. The average Bonchev–Trinajstić information content (AvgIpc) is 2.17. The maximum absolute atomic E-state index is 5.51. The number of rotatable bonds is 4. The van der Waals surface area contributed by atoms with Crippen LogP contribution in [0.4, 0.5) is 11.6 Å². The van der Waals surface area contributed by atoms with Gasteiger partial charge in [0.2, 0.25) is 0 Å². The summed E-state index contributed by atoms with van der Waals surface area (Å²) in [7, 11) is 0. The number of nitrogens with zero attached hydrogens (tertiary/aromatic N) is 2. The maximum Gasteiger partial charge on any atom is 0.132 e. The third-order valence-corrected chi connectivity index (χ3v) is 1.79. The van der Waals surface area contributed by atoms with Crippen LogP contribution in [0.5, 0.6) is 0 Å². The van der Waals surface area contributed by atoms with E-state index < -0.39 is 0 Å². The molecule has 0 fully saturated rings. The van der Waals surface area contributed by atoms with Gasteiger partial charge in [0, 0.05) is 6.07 Å². The second kappa shape index (κ2) is 5.07. The van der Waals surface area contributed by atoms with Crippen molar-refractivity contribution in [3.8, 4) is 12.3 Å². The Bertz CT molecular complexity index is 329. The largest absolute Gasteiger partial charge is 0.384 e. The number of nitrogens with two attached hydrogens (primary N) is 1. The second-order valence-corrected chi connectivity index (χ2v) is 2.98. The van der Waals surface area contributed by atoms with Crippen LogP contribution in [0.3, 0.4) is 0 Å². The van der Waals surface area contributed by atoms with Crippen LogP contribution in [-0.2, 0) is 0 Å². The van der Waals surface area contributed by atoms with Crippen molar-refractivity contribution in [2.75, 3.05) is 11.1 Å². The molecule has 0 amide bonds. The van der Waals surface area contributed by atoms with Gasteiger partial charge in [-0.2, -0.15) is 0 Å². The first-order valence-electron chi connectivity index (χ1n) is 4.56. The molecule has 0 spiro atoms. The van der Waals surface area contributed by atoms with Crippen molar-refractivity contribution in [3.63, 3.8) is 0 Å². The monoisotopic (exact) mass is 190 g/mol. The van der Waals surface area contributed by atoms with Crippen LogP contribution in [-0.4, -0.2) is 16.0 Å². The quantitative estimate of drug-likeness (QED) is 0.702. The van der Waals surface area contributed by atoms with Crippen LogP contribution in [0.2, 0.25) is 0 Å². The van der Waals surface area contributed by atoms with Crippen molar-refractivity contribution < 1.29 is 0 Å².